The van der Waals surface area contributed by atoms with Crippen LogP contribution >= 0.6 is 0 Å². The molecule has 37 heavy (non-hydrogen) atoms. The molecule has 2 bridgehead atoms. The summed E-state index contributed by atoms with van der Waals surface area (Å²) in [6.07, 6.45) is 12.0. The first-order valence-electron chi connectivity index (χ1n) is 14.7. The number of nitrogens with zero attached hydrogens (tertiary/aromatic N) is 1. The Kier molecular flexibility index (Phi) is 8.07. The quantitative estimate of drug-likeness (QED) is 0.236. The van der Waals surface area contributed by atoms with Gasteiger partial charge in [0.15, 0.2) is 5.60 Å². The summed E-state index contributed by atoms with van der Waals surface area (Å²) in [6, 6.07) is 20.9. The van der Waals surface area contributed by atoms with Crippen LogP contribution in [0.3, 0.4) is 0 Å². The van der Waals surface area contributed by atoms with Crippen LogP contribution in [0.25, 0.3) is 0 Å². The van der Waals surface area contributed by atoms with E-state index in [-0.39, 0.29) is 12.0 Å². The molecule has 5 rings (SSSR count). The van der Waals surface area contributed by atoms with Gasteiger partial charge < -0.3 is 14.3 Å². The van der Waals surface area contributed by atoms with Crippen molar-refractivity contribution in [1.29, 1.82) is 0 Å². The zero-order chi connectivity index (χ0) is 25.9. The molecule has 4 nitrogen and oxygen atoms in total. The molecule has 0 radical (unpaired) electrons. The molecule has 4 heteroatoms. The Labute approximate surface area is 223 Å². The third-order valence-electron chi connectivity index (χ3n) is 9.95. The fraction of sp³-hybridized carbons (Fsp3) is 0.606. The number of fused-ring (bicyclic) bond motifs is 2. The summed E-state index contributed by atoms with van der Waals surface area (Å²) in [5.74, 6) is 0.348. The number of carbonyl (C=O) groups is 1. The van der Waals surface area contributed by atoms with Crippen molar-refractivity contribution < 1.29 is 19.1 Å². The molecule has 0 aromatic heterocycles. The number of rotatable bonds is 10. The average Bonchev–Trinajstić information content (AvgIpc) is 3.49. The van der Waals surface area contributed by atoms with Gasteiger partial charge in [-0.3, -0.25) is 0 Å². The van der Waals surface area contributed by atoms with Crippen LogP contribution in [0.15, 0.2) is 60.7 Å². The number of ether oxygens (including phenoxy) is 1. The second kappa shape index (κ2) is 11.3. The summed E-state index contributed by atoms with van der Waals surface area (Å²) in [5.41, 5.74) is 0.577. The lowest BCUT2D eigenvalue weighted by atomic mass is 9.73. The van der Waals surface area contributed by atoms with Gasteiger partial charge in [0.2, 0.25) is 0 Å². The van der Waals surface area contributed by atoms with E-state index in [9.17, 15) is 9.90 Å². The largest absolute Gasteiger partial charge is 0.459 e. The Balaban J connectivity index is 1.24. The number of esters is 1. The van der Waals surface area contributed by atoms with Gasteiger partial charge in [-0.15, -0.1) is 0 Å². The van der Waals surface area contributed by atoms with Gasteiger partial charge in [-0.05, 0) is 56.1 Å². The number of quaternary nitrogens is 1. The predicted molar refractivity (Wildman–Crippen MR) is 148 cm³/mol. The maximum absolute atomic E-state index is 13.9. The van der Waals surface area contributed by atoms with Crippen molar-refractivity contribution in [2.75, 3.05) is 20.6 Å². The predicted octanol–water partition coefficient (Wildman–Crippen LogP) is 6.26. The Morgan fingerprint density at radius 1 is 0.919 bits per heavy atom. The molecule has 0 heterocycles. The monoisotopic (exact) mass is 504 g/mol. The van der Waals surface area contributed by atoms with E-state index in [0.29, 0.717) is 23.4 Å². The number of benzene rings is 2. The van der Waals surface area contributed by atoms with E-state index in [1.165, 1.54) is 24.8 Å². The maximum Gasteiger partial charge on any atom is 0.343 e. The molecule has 3 fully saturated rings. The molecule has 200 valence electrons. The minimum atomic E-state index is -1.54. The lowest BCUT2D eigenvalue weighted by Gasteiger charge is -2.41. The van der Waals surface area contributed by atoms with Gasteiger partial charge in [0.25, 0.3) is 0 Å². The molecule has 0 amide bonds. The molecule has 1 N–H and O–H groups in total. The zero-order valence-corrected chi connectivity index (χ0v) is 22.9. The van der Waals surface area contributed by atoms with Gasteiger partial charge in [-0.1, -0.05) is 79.9 Å². The molecular weight excluding hydrogens is 458 g/mol. The Hall–Kier alpha value is -2.17. The highest BCUT2D eigenvalue weighted by atomic mass is 16.6. The number of hydrogen-bond acceptors (Lipinski definition) is 3. The first-order valence-corrected chi connectivity index (χ1v) is 14.7. The number of hydrogen-bond donors (Lipinski definition) is 1. The van der Waals surface area contributed by atoms with Crippen molar-refractivity contribution in [2.45, 2.75) is 88.4 Å². The summed E-state index contributed by atoms with van der Waals surface area (Å²) < 4.78 is 7.38. The van der Waals surface area contributed by atoms with Crippen LogP contribution in [-0.4, -0.2) is 48.3 Å². The maximum atomic E-state index is 13.9. The molecule has 0 aliphatic heterocycles. The smallest absolute Gasteiger partial charge is 0.343 e. The third-order valence-corrected chi connectivity index (χ3v) is 9.95. The van der Waals surface area contributed by atoms with Crippen molar-refractivity contribution in [3.05, 3.63) is 71.8 Å². The van der Waals surface area contributed by atoms with Crippen molar-refractivity contribution in [3.8, 4) is 0 Å². The minimum absolute atomic E-state index is 0.0574. The van der Waals surface area contributed by atoms with Crippen LogP contribution < -0.4 is 0 Å². The standard InChI is InChI=1S/C33H46NO3/c1-34(2,23-13-12-16-25-14-6-3-7-15-25)30-24-26-21-22-29(30)31(26)37-32(35)33(36,27-17-8-4-9-18-27)28-19-10-5-11-20-28/h3-4,6-9,14-15,17-18,26,28-31,36H,5,10-13,16,19-24H2,1-2H3/q+1/t26?,29?,30-,31?,33?/m0/s1. The van der Waals surface area contributed by atoms with Crippen molar-refractivity contribution in [1.82, 2.24) is 0 Å². The number of aliphatic hydroxyl groups is 1. The number of carbonyl (C=O) groups excluding carboxylic acids is 1. The second-order valence-corrected chi connectivity index (χ2v) is 12.6. The molecule has 3 saturated carbocycles. The van der Waals surface area contributed by atoms with Crippen LogP contribution in [0.2, 0.25) is 0 Å². The molecule has 2 aromatic carbocycles. The summed E-state index contributed by atoms with van der Waals surface area (Å²) in [7, 11) is 4.74. The van der Waals surface area contributed by atoms with Gasteiger partial charge in [0.05, 0.1) is 26.7 Å². The van der Waals surface area contributed by atoms with E-state index in [2.05, 4.69) is 44.4 Å². The highest BCUT2D eigenvalue weighted by molar-refractivity contribution is 5.82. The molecule has 4 unspecified atom stereocenters. The molecular formula is C33H46NO3+. The number of unbranched alkanes of at least 4 members (excludes halogenated alkanes) is 1. The van der Waals surface area contributed by atoms with E-state index >= 15 is 0 Å². The summed E-state index contributed by atoms with van der Waals surface area (Å²) in [6.45, 7) is 1.15. The summed E-state index contributed by atoms with van der Waals surface area (Å²) in [5, 5.41) is 12.0. The van der Waals surface area contributed by atoms with Gasteiger partial charge in [0.1, 0.15) is 6.10 Å². The van der Waals surface area contributed by atoms with Gasteiger partial charge >= 0.3 is 5.97 Å². The zero-order valence-electron chi connectivity index (χ0n) is 22.9. The molecule has 3 aliphatic carbocycles. The highest BCUT2D eigenvalue weighted by Crippen LogP contribution is 2.51. The van der Waals surface area contributed by atoms with Crippen LogP contribution in [0.5, 0.6) is 0 Å². The molecule has 2 aromatic rings. The van der Waals surface area contributed by atoms with Crippen LogP contribution in [-0.2, 0) is 21.6 Å². The molecule has 0 saturated heterocycles. The molecule has 3 aliphatic rings. The Bertz CT molecular complexity index is 1020. The lowest BCUT2D eigenvalue weighted by molar-refractivity contribution is -0.918. The topological polar surface area (TPSA) is 46.5 Å². The van der Waals surface area contributed by atoms with Gasteiger partial charge in [-0.25, -0.2) is 4.79 Å². The van der Waals surface area contributed by atoms with Gasteiger partial charge in [-0.2, -0.15) is 0 Å². The van der Waals surface area contributed by atoms with E-state index in [0.717, 1.165) is 62.4 Å². The average molecular weight is 505 g/mol. The van der Waals surface area contributed by atoms with E-state index in [4.69, 9.17) is 4.74 Å². The van der Waals surface area contributed by atoms with Crippen molar-refractivity contribution >= 4 is 5.97 Å². The van der Waals surface area contributed by atoms with Crippen LogP contribution in [0, 0.1) is 17.8 Å². The van der Waals surface area contributed by atoms with Crippen LogP contribution in [0.1, 0.15) is 75.3 Å². The van der Waals surface area contributed by atoms with E-state index in [1.54, 1.807) is 0 Å². The fourth-order valence-electron chi connectivity index (χ4n) is 7.83. The first kappa shape index (κ1) is 26.4. The molecule has 0 spiro atoms. The normalized spacial score (nSPS) is 27.6. The van der Waals surface area contributed by atoms with E-state index < -0.39 is 11.6 Å². The first-order chi connectivity index (χ1) is 17.9. The summed E-state index contributed by atoms with van der Waals surface area (Å²) >= 11 is 0. The highest BCUT2D eigenvalue weighted by Gasteiger charge is 2.58. The third kappa shape index (κ3) is 5.52. The minimum Gasteiger partial charge on any atom is -0.459 e. The second-order valence-electron chi connectivity index (χ2n) is 12.6. The molecule has 5 atom stereocenters. The van der Waals surface area contributed by atoms with Crippen molar-refractivity contribution in [2.24, 2.45) is 17.8 Å². The fourth-order valence-corrected chi connectivity index (χ4v) is 7.83. The van der Waals surface area contributed by atoms with Gasteiger partial charge in [0, 0.05) is 24.2 Å². The Morgan fingerprint density at radius 3 is 2.30 bits per heavy atom. The van der Waals surface area contributed by atoms with E-state index in [1.807, 2.05) is 30.3 Å². The Morgan fingerprint density at radius 2 is 1.59 bits per heavy atom. The SMILES string of the molecule is C[N+](C)(CCCCc1ccccc1)[C@H]1CC2CCC1C2OC(=O)C(O)(c1ccccc1)C1CCCCC1. The summed E-state index contributed by atoms with van der Waals surface area (Å²) in [4.78, 5) is 13.9. The number of aryl methyl sites for hydroxylation is 1. The van der Waals surface area contributed by atoms with Crippen LogP contribution in [0.4, 0.5) is 0 Å². The lowest BCUT2D eigenvalue weighted by Crippen LogP contribution is -2.53. The van der Waals surface area contributed by atoms with Crippen molar-refractivity contribution in [3.63, 3.8) is 0 Å².